The third-order valence-corrected chi connectivity index (χ3v) is 4.75. The molecular formula is C18H18ClNO3S. The summed E-state index contributed by atoms with van der Waals surface area (Å²) in [6, 6.07) is 13.7. The maximum atomic E-state index is 12.1. The largest absolute Gasteiger partial charge is 0.486 e. The summed E-state index contributed by atoms with van der Waals surface area (Å²) in [6.07, 6.45) is 0.270. The Kier molecular flexibility index (Phi) is 5.88. The first-order valence-corrected chi connectivity index (χ1v) is 9.11. The molecule has 126 valence electrons. The highest BCUT2D eigenvalue weighted by molar-refractivity contribution is 7.99. The Morgan fingerprint density at radius 1 is 1.17 bits per heavy atom. The third-order valence-electron chi connectivity index (χ3n) is 3.46. The summed E-state index contributed by atoms with van der Waals surface area (Å²) >= 11 is 7.90. The molecule has 0 spiro atoms. The van der Waals surface area contributed by atoms with Crippen LogP contribution in [0.2, 0.25) is 5.02 Å². The topological polar surface area (TPSA) is 47.6 Å². The quantitative estimate of drug-likeness (QED) is 0.629. The highest BCUT2D eigenvalue weighted by Gasteiger charge is 2.17. The fourth-order valence-electron chi connectivity index (χ4n) is 2.39. The Balaban J connectivity index is 1.47. The Morgan fingerprint density at radius 3 is 2.79 bits per heavy atom. The summed E-state index contributed by atoms with van der Waals surface area (Å²) in [7, 11) is 0. The number of carbonyl (C=O) groups excluding carboxylic acids is 1. The van der Waals surface area contributed by atoms with Crippen LogP contribution in [0.1, 0.15) is 5.56 Å². The molecule has 1 N–H and O–H groups in total. The second-order valence-corrected chi connectivity index (χ2v) is 6.87. The number of amides is 1. The minimum atomic E-state index is -0.0311. The number of carbonyl (C=O) groups is 1. The summed E-state index contributed by atoms with van der Waals surface area (Å²) in [5.41, 5.74) is 0.817. The van der Waals surface area contributed by atoms with Crippen LogP contribution in [0.5, 0.6) is 11.5 Å². The minimum absolute atomic E-state index is 0.0311. The fourth-order valence-corrected chi connectivity index (χ4v) is 3.47. The molecule has 1 aliphatic heterocycles. The van der Waals surface area contributed by atoms with Crippen LogP contribution in [0.25, 0.3) is 0 Å². The van der Waals surface area contributed by atoms with Gasteiger partial charge in [-0.2, -0.15) is 0 Å². The normalized spacial score (nSPS) is 12.7. The van der Waals surface area contributed by atoms with Crippen LogP contribution >= 0.6 is 23.4 Å². The monoisotopic (exact) mass is 363 g/mol. The van der Waals surface area contributed by atoms with Crippen molar-refractivity contribution in [1.82, 2.24) is 5.32 Å². The smallest absolute Gasteiger partial charge is 0.224 e. The van der Waals surface area contributed by atoms with Gasteiger partial charge in [0, 0.05) is 17.2 Å². The van der Waals surface area contributed by atoms with E-state index in [-0.39, 0.29) is 12.3 Å². The van der Waals surface area contributed by atoms with Crippen LogP contribution in [0.15, 0.2) is 47.4 Å². The summed E-state index contributed by atoms with van der Waals surface area (Å²) in [6.45, 7) is 1.61. The molecule has 1 aliphatic rings. The number of hydrogen-bond donors (Lipinski definition) is 1. The van der Waals surface area contributed by atoms with E-state index in [0.29, 0.717) is 36.3 Å². The second-order valence-electron chi connectivity index (χ2n) is 5.29. The molecule has 1 amide bonds. The number of nitrogens with one attached hydrogen (secondary N) is 1. The average Bonchev–Trinajstić information content (AvgIpc) is 2.60. The van der Waals surface area contributed by atoms with E-state index in [4.69, 9.17) is 21.1 Å². The van der Waals surface area contributed by atoms with Gasteiger partial charge in [0.25, 0.3) is 0 Å². The van der Waals surface area contributed by atoms with Crippen LogP contribution in [0.3, 0.4) is 0 Å². The molecular weight excluding hydrogens is 346 g/mol. The van der Waals surface area contributed by atoms with Gasteiger partial charge in [-0.15, -0.1) is 11.8 Å². The highest BCUT2D eigenvalue weighted by atomic mass is 35.5. The standard InChI is InChI=1S/C18H18ClNO3S/c19-15-10-13(11-16-18(15)23-8-7-22-16)12-17(21)20-6-9-24-14-4-2-1-3-5-14/h1-5,10-11H,6-9,12H2,(H,20,21). The summed E-state index contributed by atoms with van der Waals surface area (Å²) in [4.78, 5) is 13.3. The Bertz CT molecular complexity index is 709. The summed E-state index contributed by atoms with van der Waals surface area (Å²) < 4.78 is 11.0. The van der Waals surface area contributed by atoms with Crippen molar-refractivity contribution >= 4 is 29.3 Å². The molecule has 4 nitrogen and oxygen atoms in total. The number of ether oxygens (including phenoxy) is 2. The Morgan fingerprint density at radius 2 is 1.96 bits per heavy atom. The van der Waals surface area contributed by atoms with Crippen molar-refractivity contribution in [2.24, 2.45) is 0 Å². The second kappa shape index (κ2) is 8.31. The minimum Gasteiger partial charge on any atom is -0.486 e. The molecule has 0 saturated heterocycles. The molecule has 0 aliphatic carbocycles. The van der Waals surface area contributed by atoms with Crippen molar-refractivity contribution in [3.63, 3.8) is 0 Å². The van der Waals surface area contributed by atoms with Crippen LogP contribution in [0, 0.1) is 0 Å². The van der Waals surface area contributed by atoms with Gasteiger partial charge in [0.1, 0.15) is 13.2 Å². The van der Waals surface area contributed by atoms with Crippen molar-refractivity contribution in [3.8, 4) is 11.5 Å². The number of hydrogen-bond acceptors (Lipinski definition) is 4. The average molecular weight is 364 g/mol. The van der Waals surface area contributed by atoms with Crippen molar-refractivity contribution in [2.45, 2.75) is 11.3 Å². The number of halogens is 1. The van der Waals surface area contributed by atoms with E-state index in [1.165, 1.54) is 4.90 Å². The molecule has 2 aromatic carbocycles. The van der Waals surface area contributed by atoms with E-state index in [1.807, 2.05) is 24.3 Å². The predicted octanol–water partition coefficient (Wildman–Crippen LogP) is 3.56. The number of thioether (sulfide) groups is 1. The zero-order valence-electron chi connectivity index (χ0n) is 13.1. The van der Waals surface area contributed by atoms with Gasteiger partial charge in [-0.3, -0.25) is 4.79 Å². The number of benzene rings is 2. The summed E-state index contributed by atoms with van der Waals surface area (Å²) in [5, 5.41) is 3.41. The van der Waals surface area contributed by atoms with Gasteiger partial charge >= 0.3 is 0 Å². The molecule has 1 heterocycles. The molecule has 0 fully saturated rings. The van der Waals surface area contributed by atoms with Crippen molar-refractivity contribution < 1.29 is 14.3 Å². The van der Waals surface area contributed by atoms with Gasteiger partial charge in [0.2, 0.25) is 5.91 Å². The van der Waals surface area contributed by atoms with E-state index < -0.39 is 0 Å². The SMILES string of the molecule is O=C(Cc1cc(Cl)c2c(c1)OCCO2)NCCSc1ccccc1. The molecule has 0 bridgehead atoms. The molecule has 3 rings (SSSR count). The van der Waals surface area contributed by atoms with E-state index in [2.05, 4.69) is 17.4 Å². The zero-order chi connectivity index (χ0) is 16.8. The maximum Gasteiger partial charge on any atom is 0.224 e. The van der Waals surface area contributed by atoms with Crippen molar-refractivity contribution in [1.29, 1.82) is 0 Å². The predicted molar refractivity (Wildman–Crippen MR) is 96.3 cm³/mol. The first-order valence-electron chi connectivity index (χ1n) is 7.75. The lowest BCUT2D eigenvalue weighted by Gasteiger charge is -2.20. The fraction of sp³-hybridized carbons (Fsp3) is 0.278. The molecule has 0 saturated carbocycles. The molecule has 24 heavy (non-hydrogen) atoms. The molecule has 0 aromatic heterocycles. The van der Waals surface area contributed by atoms with Gasteiger partial charge in [-0.05, 0) is 29.8 Å². The Labute approximate surface area is 150 Å². The van der Waals surface area contributed by atoms with Gasteiger partial charge in [-0.25, -0.2) is 0 Å². The van der Waals surface area contributed by atoms with E-state index in [1.54, 1.807) is 17.8 Å². The molecule has 0 atom stereocenters. The van der Waals surface area contributed by atoms with Crippen molar-refractivity contribution in [2.75, 3.05) is 25.5 Å². The maximum absolute atomic E-state index is 12.1. The molecule has 2 aromatic rings. The van der Waals surface area contributed by atoms with Gasteiger partial charge < -0.3 is 14.8 Å². The number of fused-ring (bicyclic) bond motifs is 1. The lowest BCUT2D eigenvalue weighted by atomic mass is 10.1. The molecule has 0 radical (unpaired) electrons. The van der Waals surface area contributed by atoms with Crippen LogP contribution in [0.4, 0.5) is 0 Å². The van der Waals surface area contributed by atoms with Gasteiger partial charge in [0.05, 0.1) is 11.4 Å². The molecule has 6 heteroatoms. The van der Waals surface area contributed by atoms with Crippen LogP contribution < -0.4 is 14.8 Å². The first kappa shape index (κ1) is 17.0. The zero-order valence-corrected chi connectivity index (χ0v) is 14.7. The van der Waals surface area contributed by atoms with E-state index in [0.717, 1.165) is 11.3 Å². The van der Waals surface area contributed by atoms with E-state index in [9.17, 15) is 4.79 Å². The number of rotatable bonds is 6. The van der Waals surface area contributed by atoms with E-state index >= 15 is 0 Å². The van der Waals surface area contributed by atoms with Gasteiger partial charge in [-0.1, -0.05) is 29.8 Å². The van der Waals surface area contributed by atoms with Gasteiger partial charge in [0.15, 0.2) is 11.5 Å². The van der Waals surface area contributed by atoms with Crippen LogP contribution in [-0.2, 0) is 11.2 Å². The first-order chi connectivity index (χ1) is 11.7. The highest BCUT2D eigenvalue weighted by Crippen LogP contribution is 2.38. The lowest BCUT2D eigenvalue weighted by molar-refractivity contribution is -0.120. The molecule has 0 unspecified atom stereocenters. The van der Waals surface area contributed by atoms with Crippen LogP contribution in [-0.4, -0.2) is 31.4 Å². The Hall–Kier alpha value is -1.85. The lowest BCUT2D eigenvalue weighted by Crippen LogP contribution is -2.27. The van der Waals surface area contributed by atoms with Crippen molar-refractivity contribution in [3.05, 3.63) is 53.1 Å². The summed E-state index contributed by atoms with van der Waals surface area (Å²) in [5.74, 6) is 1.97. The third kappa shape index (κ3) is 4.58.